The van der Waals surface area contributed by atoms with E-state index in [1.165, 1.54) is 5.56 Å². The van der Waals surface area contributed by atoms with Gasteiger partial charge in [-0.3, -0.25) is 4.79 Å². The number of amides is 1. The lowest BCUT2D eigenvalue weighted by Gasteiger charge is -2.34. The molecule has 2 saturated heterocycles. The zero-order valence-corrected chi connectivity index (χ0v) is 11.9. The average molecular weight is 258 g/mol. The topological polar surface area (TPSA) is 32.3 Å². The number of anilines is 1. The number of aryl methyl sites for hydroxylation is 1. The third-order valence-electron chi connectivity index (χ3n) is 4.58. The van der Waals surface area contributed by atoms with Gasteiger partial charge in [-0.25, -0.2) is 0 Å². The van der Waals surface area contributed by atoms with Crippen LogP contribution in [0.3, 0.4) is 0 Å². The van der Waals surface area contributed by atoms with Gasteiger partial charge in [-0.15, -0.1) is 0 Å². The van der Waals surface area contributed by atoms with Crippen molar-refractivity contribution in [1.29, 1.82) is 0 Å². The molecule has 2 aliphatic rings. The molecular weight excluding hydrogens is 236 g/mol. The van der Waals surface area contributed by atoms with Crippen LogP contribution in [0.1, 0.15) is 32.3 Å². The van der Waals surface area contributed by atoms with Crippen LogP contribution in [0, 0.1) is 12.3 Å². The molecule has 2 atom stereocenters. The van der Waals surface area contributed by atoms with Crippen LogP contribution in [0.4, 0.5) is 5.69 Å². The first kappa shape index (κ1) is 12.7. The molecule has 0 aromatic heterocycles. The van der Waals surface area contributed by atoms with Crippen molar-refractivity contribution in [2.45, 2.75) is 45.7 Å². The summed E-state index contributed by atoms with van der Waals surface area (Å²) >= 11 is 0. The van der Waals surface area contributed by atoms with E-state index in [0.29, 0.717) is 6.04 Å². The van der Waals surface area contributed by atoms with E-state index in [1.54, 1.807) is 0 Å². The Kier molecular flexibility index (Phi) is 2.90. The standard InChI is InChI=1S/C16H22N2O/c1-11-6-4-7-12(10-11)18-13-8-5-9-17-14(13)16(2,3)15(18)19/h4,6-7,10,13-14,17H,5,8-9H2,1-3H3. The van der Waals surface area contributed by atoms with E-state index in [1.807, 2.05) is 11.0 Å². The molecule has 3 heteroatoms. The van der Waals surface area contributed by atoms with Crippen LogP contribution in [-0.4, -0.2) is 24.5 Å². The van der Waals surface area contributed by atoms with Gasteiger partial charge in [-0.05, 0) is 57.9 Å². The molecule has 1 amide bonds. The van der Waals surface area contributed by atoms with Gasteiger partial charge in [0, 0.05) is 11.7 Å². The number of hydrogen-bond acceptors (Lipinski definition) is 2. The molecule has 0 bridgehead atoms. The molecule has 0 aliphatic carbocycles. The molecule has 1 aromatic rings. The molecule has 2 fully saturated rings. The predicted octanol–water partition coefficient (Wildman–Crippen LogP) is 2.49. The number of rotatable bonds is 1. The van der Waals surface area contributed by atoms with Gasteiger partial charge in [-0.2, -0.15) is 0 Å². The first-order chi connectivity index (χ1) is 9.01. The lowest BCUT2D eigenvalue weighted by molar-refractivity contribution is -0.124. The lowest BCUT2D eigenvalue weighted by Crippen LogP contribution is -2.50. The quantitative estimate of drug-likeness (QED) is 0.839. The fraction of sp³-hybridized carbons (Fsp3) is 0.562. The van der Waals surface area contributed by atoms with Crippen LogP contribution >= 0.6 is 0 Å². The smallest absolute Gasteiger partial charge is 0.234 e. The zero-order chi connectivity index (χ0) is 13.6. The van der Waals surface area contributed by atoms with Gasteiger partial charge in [-0.1, -0.05) is 12.1 Å². The Bertz CT molecular complexity index is 509. The van der Waals surface area contributed by atoms with Crippen molar-refractivity contribution in [1.82, 2.24) is 5.32 Å². The van der Waals surface area contributed by atoms with E-state index in [0.717, 1.165) is 25.1 Å². The number of carbonyl (C=O) groups is 1. The fourth-order valence-corrected chi connectivity index (χ4v) is 3.57. The van der Waals surface area contributed by atoms with Crippen molar-refractivity contribution in [3.05, 3.63) is 29.8 Å². The van der Waals surface area contributed by atoms with Crippen molar-refractivity contribution in [3.8, 4) is 0 Å². The summed E-state index contributed by atoms with van der Waals surface area (Å²) in [6.07, 6.45) is 2.24. The van der Waals surface area contributed by atoms with Gasteiger partial charge < -0.3 is 10.2 Å². The van der Waals surface area contributed by atoms with Crippen molar-refractivity contribution in [2.24, 2.45) is 5.41 Å². The van der Waals surface area contributed by atoms with Crippen LogP contribution in [0.5, 0.6) is 0 Å². The second kappa shape index (κ2) is 4.34. The fourth-order valence-electron chi connectivity index (χ4n) is 3.57. The summed E-state index contributed by atoms with van der Waals surface area (Å²) in [6, 6.07) is 8.86. The normalized spacial score (nSPS) is 29.4. The molecule has 1 aromatic carbocycles. The number of hydrogen-bond donors (Lipinski definition) is 1. The highest BCUT2D eigenvalue weighted by Crippen LogP contribution is 2.41. The molecule has 2 aliphatic heterocycles. The summed E-state index contributed by atoms with van der Waals surface area (Å²) in [5.41, 5.74) is 1.94. The van der Waals surface area contributed by atoms with Crippen molar-refractivity contribution in [3.63, 3.8) is 0 Å². The Hall–Kier alpha value is -1.35. The van der Waals surface area contributed by atoms with E-state index < -0.39 is 0 Å². The maximum absolute atomic E-state index is 12.8. The molecular formula is C16H22N2O. The summed E-state index contributed by atoms with van der Waals surface area (Å²) in [6.45, 7) is 7.24. The molecule has 1 N–H and O–H groups in total. The van der Waals surface area contributed by atoms with E-state index in [4.69, 9.17) is 0 Å². The number of nitrogens with zero attached hydrogens (tertiary/aromatic N) is 1. The molecule has 0 saturated carbocycles. The Morgan fingerprint density at radius 2 is 2.16 bits per heavy atom. The highest BCUT2D eigenvalue weighted by molar-refractivity contribution is 6.01. The molecule has 0 radical (unpaired) electrons. The summed E-state index contributed by atoms with van der Waals surface area (Å²) in [5.74, 6) is 0.252. The molecule has 0 spiro atoms. The minimum Gasteiger partial charge on any atom is -0.311 e. The average Bonchev–Trinajstić information content (AvgIpc) is 2.58. The summed E-state index contributed by atoms with van der Waals surface area (Å²) in [5, 5.41) is 3.55. The third kappa shape index (κ3) is 1.88. The van der Waals surface area contributed by atoms with Crippen LogP contribution < -0.4 is 10.2 Å². The van der Waals surface area contributed by atoms with E-state index >= 15 is 0 Å². The number of carbonyl (C=O) groups excluding carboxylic acids is 1. The van der Waals surface area contributed by atoms with Gasteiger partial charge in [0.2, 0.25) is 5.91 Å². The van der Waals surface area contributed by atoms with Gasteiger partial charge in [0.25, 0.3) is 0 Å². The third-order valence-corrected chi connectivity index (χ3v) is 4.58. The Balaban J connectivity index is 2.03. The SMILES string of the molecule is Cc1cccc(N2C(=O)C(C)(C)C3NCCCC32)c1. The Labute approximate surface area is 115 Å². The zero-order valence-electron chi connectivity index (χ0n) is 11.9. The van der Waals surface area contributed by atoms with Gasteiger partial charge in [0.1, 0.15) is 0 Å². The monoisotopic (exact) mass is 258 g/mol. The van der Waals surface area contributed by atoms with Gasteiger partial charge in [0.05, 0.1) is 11.5 Å². The minimum absolute atomic E-state index is 0.252. The number of fused-ring (bicyclic) bond motifs is 1. The first-order valence-corrected chi connectivity index (χ1v) is 7.15. The van der Waals surface area contributed by atoms with Crippen molar-refractivity contribution < 1.29 is 4.79 Å². The van der Waals surface area contributed by atoms with Crippen molar-refractivity contribution >= 4 is 11.6 Å². The van der Waals surface area contributed by atoms with E-state index in [-0.39, 0.29) is 17.4 Å². The second-order valence-electron chi connectivity index (χ2n) is 6.38. The maximum Gasteiger partial charge on any atom is 0.234 e. The van der Waals surface area contributed by atoms with Crippen LogP contribution in [0.25, 0.3) is 0 Å². The molecule has 2 unspecified atom stereocenters. The molecule has 19 heavy (non-hydrogen) atoms. The Morgan fingerprint density at radius 1 is 1.37 bits per heavy atom. The van der Waals surface area contributed by atoms with Crippen LogP contribution in [0.15, 0.2) is 24.3 Å². The summed E-state index contributed by atoms with van der Waals surface area (Å²) in [4.78, 5) is 14.8. The largest absolute Gasteiger partial charge is 0.311 e. The molecule has 2 heterocycles. The molecule has 3 nitrogen and oxygen atoms in total. The maximum atomic E-state index is 12.8. The van der Waals surface area contributed by atoms with Crippen LogP contribution in [0.2, 0.25) is 0 Å². The number of nitrogens with one attached hydrogen (secondary N) is 1. The summed E-state index contributed by atoms with van der Waals surface area (Å²) < 4.78 is 0. The summed E-state index contributed by atoms with van der Waals surface area (Å²) in [7, 11) is 0. The van der Waals surface area contributed by atoms with Crippen LogP contribution in [-0.2, 0) is 4.79 Å². The second-order valence-corrected chi connectivity index (χ2v) is 6.38. The number of benzene rings is 1. The highest BCUT2D eigenvalue weighted by Gasteiger charge is 2.54. The van der Waals surface area contributed by atoms with E-state index in [9.17, 15) is 4.79 Å². The lowest BCUT2D eigenvalue weighted by atomic mass is 9.81. The van der Waals surface area contributed by atoms with Gasteiger partial charge >= 0.3 is 0 Å². The minimum atomic E-state index is -0.311. The molecule has 102 valence electrons. The van der Waals surface area contributed by atoms with Crippen molar-refractivity contribution in [2.75, 3.05) is 11.4 Å². The molecule has 3 rings (SSSR count). The number of piperidine rings is 1. The predicted molar refractivity (Wildman–Crippen MR) is 77.3 cm³/mol. The highest BCUT2D eigenvalue weighted by atomic mass is 16.2. The first-order valence-electron chi connectivity index (χ1n) is 7.15. The van der Waals surface area contributed by atoms with Gasteiger partial charge in [0.15, 0.2) is 0 Å². The van der Waals surface area contributed by atoms with E-state index in [2.05, 4.69) is 44.3 Å². The Morgan fingerprint density at radius 3 is 2.89 bits per heavy atom.